The summed E-state index contributed by atoms with van der Waals surface area (Å²) in [5.74, 6) is -4.68. The van der Waals surface area contributed by atoms with Crippen LogP contribution in [0.4, 0.5) is 17.6 Å². The van der Waals surface area contributed by atoms with Gasteiger partial charge in [-0.05, 0) is 30.3 Å². The lowest BCUT2D eigenvalue weighted by molar-refractivity contribution is -0.187. The highest BCUT2D eigenvalue weighted by Gasteiger charge is 2.53. The predicted octanol–water partition coefficient (Wildman–Crippen LogP) is 4.63. The maximum absolute atomic E-state index is 14.7. The van der Waals surface area contributed by atoms with Gasteiger partial charge in [-0.25, -0.2) is 13.2 Å². The van der Waals surface area contributed by atoms with Crippen molar-refractivity contribution < 1.29 is 22.0 Å². The van der Waals surface area contributed by atoms with Crippen LogP contribution in [0.2, 0.25) is 18.1 Å². The lowest BCUT2D eigenvalue weighted by Crippen LogP contribution is -2.50. The van der Waals surface area contributed by atoms with Crippen molar-refractivity contribution in [2.75, 3.05) is 0 Å². The van der Waals surface area contributed by atoms with Crippen molar-refractivity contribution in [3.05, 3.63) is 29.8 Å². The molecule has 1 atom stereocenters. The average molecular weight is 309 g/mol. The number of pyridine rings is 1. The Morgan fingerprint density at radius 3 is 2.20 bits per heavy atom. The molecular formula is C13H19F4NOSi. The van der Waals surface area contributed by atoms with E-state index in [4.69, 9.17) is 4.43 Å². The molecule has 1 heterocycles. The van der Waals surface area contributed by atoms with Crippen molar-refractivity contribution in [1.29, 1.82) is 0 Å². The molecule has 0 amide bonds. The van der Waals surface area contributed by atoms with Gasteiger partial charge >= 0.3 is 12.3 Å². The molecule has 0 radical (unpaired) electrons. The summed E-state index contributed by atoms with van der Waals surface area (Å²) in [6.07, 6.45) is -2.47. The lowest BCUT2D eigenvalue weighted by atomic mass is 10.2. The fourth-order valence-corrected chi connectivity index (χ4v) is 2.59. The predicted molar refractivity (Wildman–Crippen MR) is 71.3 cm³/mol. The highest BCUT2D eigenvalue weighted by molar-refractivity contribution is 6.74. The molecule has 0 aliphatic heterocycles. The van der Waals surface area contributed by atoms with Gasteiger partial charge in [0.05, 0.1) is 0 Å². The van der Waals surface area contributed by atoms with Gasteiger partial charge in [0.25, 0.3) is 0 Å². The number of halogens is 4. The first kappa shape index (κ1) is 17.1. The lowest BCUT2D eigenvalue weighted by Gasteiger charge is -2.41. The minimum absolute atomic E-state index is 0.496. The first-order valence-electron chi connectivity index (χ1n) is 6.20. The molecule has 0 saturated heterocycles. The number of hydrogen-bond donors (Lipinski definition) is 0. The normalized spacial score (nSPS) is 16.3. The van der Waals surface area contributed by atoms with Crippen LogP contribution < -0.4 is 0 Å². The van der Waals surface area contributed by atoms with Gasteiger partial charge in [0.2, 0.25) is 0 Å². The molecule has 1 aromatic rings. The number of hydrogen-bond acceptors (Lipinski definition) is 2. The van der Waals surface area contributed by atoms with Crippen LogP contribution in [-0.2, 0) is 10.3 Å². The largest absolute Gasteiger partial charge is 0.377 e. The summed E-state index contributed by atoms with van der Waals surface area (Å²) in [6, 6.07) is 2.09. The molecule has 7 heteroatoms. The van der Waals surface area contributed by atoms with Crippen LogP contribution in [0.25, 0.3) is 0 Å². The van der Waals surface area contributed by atoms with E-state index in [0.29, 0.717) is 0 Å². The van der Waals surface area contributed by atoms with Gasteiger partial charge in [0.1, 0.15) is 5.69 Å². The van der Waals surface area contributed by atoms with Crippen molar-refractivity contribution in [1.82, 2.24) is 4.98 Å². The summed E-state index contributed by atoms with van der Waals surface area (Å²) in [6.45, 7) is 8.56. The third-order valence-corrected chi connectivity index (χ3v) is 7.99. The second kappa shape index (κ2) is 5.44. The molecule has 0 aromatic carbocycles. The van der Waals surface area contributed by atoms with Crippen molar-refractivity contribution in [2.45, 2.75) is 51.2 Å². The maximum Gasteiger partial charge on any atom is 0.307 e. The first-order valence-corrected chi connectivity index (χ1v) is 9.11. The summed E-state index contributed by atoms with van der Waals surface area (Å²) >= 11 is 0. The van der Waals surface area contributed by atoms with Crippen LogP contribution in [0.15, 0.2) is 18.3 Å². The van der Waals surface area contributed by atoms with Gasteiger partial charge in [0, 0.05) is 6.20 Å². The topological polar surface area (TPSA) is 22.1 Å². The maximum atomic E-state index is 14.7. The van der Waals surface area contributed by atoms with Crippen LogP contribution in [-0.4, -0.2) is 19.7 Å². The Kier molecular flexibility index (Phi) is 4.65. The number of alkyl halides is 3. The van der Waals surface area contributed by atoms with Gasteiger partial charge in [0.15, 0.2) is 14.1 Å². The van der Waals surface area contributed by atoms with E-state index in [-0.39, 0.29) is 0 Å². The van der Waals surface area contributed by atoms with E-state index < -0.39 is 37.1 Å². The van der Waals surface area contributed by atoms with E-state index in [1.54, 1.807) is 33.9 Å². The van der Waals surface area contributed by atoms with E-state index in [1.165, 1.54) is 6.07 Å². The number of aromatic nitrogens is 1. The molecule has 1 unspecified atom stereocenters. The van der Waals surface area contributed by atoms with Crippen LogP contribution in [0, 0.1) is 5.82 Å². The number of rotatable bonds is 4. The second-order valence-electron chi connectivity index (χ2n) is 6.14. The Labute approximate surface area is 117 Å². The Hall–Kier alpha value is -0.953. The molecule has 1 rings (SSSR count). The highest BCUT2D eigenvalue weighted by Crippen LogP contribution is 2.44. The van der Waals surface area contributed by atoms with Crippen LogP contribution in [0.3, 0.4) is 0 Å². The van der Waals surface area contributed by atoms with Gasteiger partial charge in [-0.15, -0.1) is 0 Å². The Bertz CT molecular complexity index is 476. The zero-order chi connectivity index (χ0) is 15.8. The van der Waals surface area contributed by atoms with Gasteiger partial charge in [-0.3, -0.25) is 4.98 Å². The minimum Gasteiger partial charge on any atom is -0.377 e. The van der Waals surface area contributed by atoms with E-state index in [9.17, 15) is 17.6 Å². The molecule has 20 heavy (non-hydrogen) atoms. The summed E-state index contributed by atoms with van der Waals surface area (Å²) in [7, 11) is -2.87. The van der Waals surface area contributed by atoms with Crippen molar-refractivity contribution in [3.8, 4) is 0 Å². The molecular weight excluding hydrogens is 290 g/mol. The van der Waals surface area contributed by atoms with Gasteiger partial charge < -0.3 is 4.43 Å². The molecule has 0 aliphatic rings. The molecule has 2 nitrogen and oxygen atoms in total. The minimum atomic E-state index is -3.53. The molecule has 0 spiro atoms. The molecule has 114 valence electrons. The van der Waals surface area contributed by atoms with Crippen molar-refractivity contribution in [2.24, 2.45) is 0 Å². The van der Waals surface area contributed by atoms with Crippen LogP contribution >= 0.6 is 0 Å². The zero-order valence-electron chi connectivity index (χ0n) is 12.2. The van der Waals surface area contributed by atoms with E-state index in [1.807, 2.05) is 0 Å². The van der Waals surface area contributed by atoms with Crippen LogP contribution in [0.1, 0.15) is 26.5 Å². The molecule has 0 saturated carbocycles. The standard InChI is InChI=1S/C13H19F4NOSi/c1-12(2,3)20(4,5)19-13(17,11(15)16)10-9(14)7-6-8-18-10/h6-8,11H,1-5H3. The molecule has 1 aromatic heterocycles. The Morgan fingerprint density at radius 1 is 1.25 bits per heavy atom. The van der Waals surface area contributed by atoms with E-state index >= 15 is 0 Å². The molecule has 0 fully saturated rings. The summed E-state index contributed by atoms with van der Waals surface area (Å²) in [5, 5.41) is -0.496. The third-order valence-electron chi connectivity index (χ3n) is 3.57. The zero-order valence-corrected chi connectivity index (χ0v) is 13.2. The van der Waals surface area contributed by atoms with Gasteiger partial charge in [-0.2, -0.15) is 4.39 Å². The van der Waals surface area contributed by atoms with Crippen molar-refractivity contribution >= 4 is 8.32 Å². The van der Waals surface area contributed by atoms with Crippen LogP contribution in [0.5, 0.6) is 0 Å². The number of nitrogens with zero attached hydrogens (tertiary/aromatic N) is 1. The third kappa shape index (κ3) is 3.20. The highest BCUT2D eigenvalue weighted by atomic mass is 28.4. The monoisotopic (exact) mass is 309 g/mol. The fraction of sp³-hybridized carbons (Fsp3) is 0.615. The Morgan fingerprint density at radius 2 is 1.80 bits per heavy atom. The Balaban J connectivity index is 3.29. The first-order chi connectivity index (χ1) is 8.92. The fourth-order valence-electron chi connectivity index (χ4n) is 1.36. The van der Waals surface area contributed by atoms with Crippen molar-refractivity contribution in [3.63, 3.8) is 0 Å². The molecule has 0 bridgehead atoms. The second-order valence-corrected chi connectivity index (χ2v) is 10.9. The summed E-state index contributed by atoms with van der Waals surface area (Å²) in [4.78, 5) is 3.41. The van der Waals surface area contributed by atoms with E-state index in [0.717, 1.165) is 12.3 Å². The van der Waals surface area contributed by atoms with E-state index in [2.05, 4.69) is 4.98 Å². The molecule has 0 aliphatic carbocycles. The smallest absolute Gasteiger partial charge is 0.307 e. The SMILES string of the molecule is CC(C)(C)[Si](C)(C)OC(F)(c1ncccc1F)C(F)F. The quantitative estimate of drug-likeness (QED) is 0.597. The average Bonchev–Trinajstić information content (AvgIpc) is 2.26. The van der Waals surface area contributed by atoms with Gasteiger partial charge in [-0.1, -0.05) is 20.8 Å². The molecule has 0 N–H and O–H groups in total. The summed E-state index contributed by atoms with van der Waals surface area (Å²) in [5.41, 5.74) is -1.00. The summed E-state index contributed by atoms with van der Waals surface area (Å²) < 4.78 is 59.8.